The van der Waals surface area contributed by atoms with Crippen LogP contribution in [0, 0.1) is 11.8 Å². The molecule has 1 atom stereocenters. The summed E-state index contributed by atoms with van der Waals surface area (Å²) in [6, 6.07) is 0. The molecule has 118 valence electrons. The molecule has 20 heavy (non-hydrogen) atoms. The SMILES string of the molecule is CC1CCC(CNCC(C)(O)CN2CCOCC2)CC1. The maximum absolute atomic E-state index is 10.5. The third kappa shape index (κ3) is 5.68. The number of morpholine rings is 1. The molecule has 2 rings (SSSR count). The number of nitrogens with zero attached hydrogens (tertiary/aromatic N) is 1. The summed E-state index contributed by atoms with van der Waals surface area (Å²) in [6.45, 7) is 10.3. The van der Waals surface area contributed by atoms with E-state index in [9.17, 15) is 5.11 Å². The van der Waals surface area contributed by atoms with Crippen LogP contribution in [0.25, 0.3) is 0 Å². The third-order valence-electron chi connectivity index (χ3n) is 4.74. The maximum Gasteiger partial charge on any atom is 0.0869 e. The van der Waals surface area contributed by atoms with Crippen LogP contribution in [0.4, 0.5) is 0 Å². The summed E-state index contributed by atoms with van der Waals surface area (Å²) in [5.41, 5.74) is -0.640. The molecule has 0 bridgehead atoms. The van der Waals surface area contributed by atoms with Gasteiger partial charge in [-0.25, -0.2) is 0 Å². The quantitative estimate of drug-likeness (QED) is 0.775. The molecule has 1 aliphatic heterocycles. The predicted molar refractivity (Wildman–Crippen MR) is 81.9 cm³/mol. The van der Waals surface area contributed by atoms with Crippen LogP contribution in [0.3, 0.4) is 0 Å². The first-order chi connectivity index (χ1) is 9.55. The molecule has 0 aromatic heterocycles. The van der Waals surface area contributed by atoms with Gasteiger partial charge in [-0.3, -0.25) is 4.90 Å². The molecule has 0 radical (unpaired) electrons. The number of hydrogen-bond acceptors (Lipinski definition) is 4. The highest BCUT2D eigenvalue weighted by Gasteiger charge is 2.25. The number of aliphatic hydroxyl groups is 1. The summed E-state index contributed by atoms with van der Waals surface area (Å²) >= 11 is 0. The molecule has 4 nitrogen and oxygen atoms in total. The minimum atomic E-state index is -0.640. The van der Waals surface area contributed by atoms with Gasteiger partial charge in [-0.05, 0) is 38.1 Å². The topological polar surface area (TPSA) is 44.7 Å². The minimum Gasteiger partial charge on any atom is -0.388 e. The standard InChI is InChI=1S/C16H32N2O2/c1-14-3-5-15(6-4-14)11-17-12-16(2,19)13-18-7-9-20-10-8-18/h14-15,17,19H,3-13H2,1-2H3. The Morgan fingerprint density at radius 1 is 1.20 bits per heavy atom. The van der Waals surface area contributed by atoms with Gasteiger partial charge in [0, 0.05) is 26.2 Å². The second kappa shape index (κ2) is 7.74. The maximum atomic E-state index is 10.5. The summed E-state index contributed by atoms with van der Waals surface area (Å²) in [5, 5.41) is 14.0. The van der Waals surface area contributed by atoms with Crippen LogP contribution in [-0.4, -0.2) is 61.5 Å². The Hall–Kier alpha value is -0.160. The third-order valence-corrected chi connectivity index (χ3v) is 4.74. The fraction of sp³-hybridized carbons (Fsp3) is 1.00. The van der Waals surface area contributed by atoms with E-state index in [-0.39, 0.29) is 0 Å². The minimum absolute atomic E-state index is 0.640. The molecule has 1 heterocycles. The van der Waals surface area contributed by atoms with Gasteiger partial charge < -0.3 is 15.2 Å². The van der Waals surface area contributed by atoms with Gasteiger partial charge in [-0.15, -0.1) is 0 Å². The molecule has 4 heteroatoms. The monoisotopic (exact) mass is 284 g/mol. The highest BCUT2D eigenvalue weighted by molar-refractivity contribution is 4.82. The predicted octanol–water partition coefficient (Wildman–Crippen LogP) is 1.49. The van der Waals surface area contributed by atoms with Crippen LogP contribution >= 0.6 is 0 Å². The molecule has 2 fully saturated rings. The van der Waals surface area contributed by atoms with E-state index < -0.39 is 5.60 Å². The molecule has 1 unspecified atom stereocenters. The van der Waals surface area contributed by atoms with Crippen molar-refractivity contribution in [2.24, 2.45) is 11.8 Å². The zero-order chi connectivity index (χ0) is 14.4. The lowest BCUT2D eigenvalue weighted by molar-refractivity contribution is -0.0222. The molecule has 0 aromatic rings. The van der Waals surface area contributed by atoms with Gasteiger partial charge in [-0.1, -0.05) is 19.8 Å². The average molecular weight is 284 g/mol. The molecule has 1 saturated carbocycles. The van der Waals surface area contributed by atoms with Crippen LogP contribution in [0.1, 0.15) is 39.5 Å². The molecule has 0 spiro atoms. The lowest BCUT2D eigenvalue weighted by Gasteiger charge is -2.34. The highest BCUT2D eigenvalue weighted by atomic mass is 16.5. The second-order valence-electron chi connectivity index (χ2n) is 7.14. The van der Waals surface area contributed by atoms with E-state index >= 15 is 0 Å². The zero-order valence-electron chi connectivity index (χ0n) is 13.2. The van der Waals surface area contributed by atoms with Crippen LogP contribution in [0.5, 0.6) is 0 Å². The fourth-order valence-electron chi connectivity index (χ4n) is 3.38. The van der Waals surface area contributed by atoms with Crippen LogP contribution < -0.4 is 5.32 Å². The van der Waals surface area contributed by atoms with Gasteiger partial charge in [0.05, 0.1) is 18.8 Å². The Morgan fingerprint density at radius 3 is 2.50 bits per heavy atom. The summed E-state index contributed by atoms with van der Waals surface area (Å²) in [6.07, 6.45) is 5.44. The number of nitrogens with one attached hydrogen (secondary N) is 1. The Bertz CT molecular complexity index is 270. The van der Waals surface area contributed by atoms with Gasteiger partial charge in [0.1, 0.15) is 0 Å². The summed E-state index contributed by atoms with van der Waals surface area (Å²) < 4.78 is 5.34. The van der Waals surface area contributed by atoms with E-state index in [4.69, 9.17) is 4.74 Å². The first-order valence-corrected chi connectivity index (χ1v) is 8.28. The van der Waals surface area contributed by atoms with Crippen molar-refractivity contribution in [1.29, 1.82) is 0 Å². The molecular weight excluding hydrogens is 252 g/mol. The van der Waals surface area contributed by atoms with Gasteiger partial charge in [0.25, 0.3) is 0 Å². The first-order valence-electron chi connectivity index (χ1n) is 8.28. The lowest BCUT2D eigenvalue weighted by Crippen LogP contribution is -2.51. The zero-order valence-corrected chi connectivity index (χ0v) is 13.2. The first kappa shape index (κ1) is 16.2. The van der Waals surface area contributed by atoms with Crippen LogP contribution in [0.15, 0.2) is 0 Å². The molecule has 2 aliphatic rings. The Labute approximate surface area is 123 Å². The average Bonchev–Trinajstić information content (AvgIpc) is 2.41. The van der Waals surface area contributed by atoms with Crippen molar-refractivity contribution < 1.29 is 9.84 Å². The molecule has 0 amide bonds. The Balaban J connectivity index is 1.61. The molecular formula is C16H32N2O2. The highest BCUT2D eigenvalue weighted by Crippen LogP contribution is 2.27. The van der Waals surface area contributed by atoms with Crippen molar-refractivity contribution in [1.82, 2.24) is 10.2 Å². The van der Waals surface area contributed by atoms with Crippen molar-refractivity contribution in [2.45, 2.75) is 45.1 Å². The lowest BCUT2D eigenvalue weighted by atomic mass is 9.83. The van der Waals surface area contributed by atoms with E-state index in [2.05, 4.69) is 17.1 Å². The number of ether oxygens (including phenoxy) is 1. The smallest absolute Gasteiger partial charge is 0.0869 e. The van der Waals surface area contributed by atoms with Gasteiger partial charge in [0.15, 0.2) is 0 Å². The summed E-state index contributed by atoms with van der Waals surface area (Å²) in [4.78, 5) is 2.30. The van der Waals surface area contributed by atoms with Gasteiger partial charge in [0.2, 0.25) is 0 Å². The fourth-order valence-corrected chi connectivity index (χ4v) is 3.38. The molecule has 1 saturated heterocycles. The van der Waals surface area contributed by atoms with Crippen LogP contribution in [0.2, 0.25) is 0 Å². The van der Waals surface area contributed by atoms with Crippen molar-refractivity contribution in [3.8, 4) is 0 Å². The van der Waals surface area contributed by atoms with E-state index in [1.165, 1.54) is 25.7 Å². The van der Waals surface area contributed by atoms with E-state index in [1.807, 2.05) is 6.92 Å². The second-order valence-corrected chi connectivity index (χ2v) is 7.14. The molecule has 2 N–H and O–H groups in total. The number of rotatable bonds is 6. The van der Waals surface area contributed by atoms with E-state index in [0.29, 0.717) is 6.54 Å². The number of β-amino-alcohol motifs (C(OH)–C–C–N with tert-alkyl or cyclic N) is 1. The number of hydrogen-bond donors (Lipinski definition) is 2. The Kier molecular flexibility index (Phi) is 6.27. The van der Waals surface area contributed by atoms with Crippen molar-refractivity contribution in [2.75, 3.05) is 45.9 Å². The summed E-state index contributed by atoms with van der Waals surface area (Å²) in [7, 11) is 0. The largest absolute Gasteiger partial charge is 0.388 e. The normalized spacial score (nSPS) is 31.9. The van der Waals surface area contributed by atoms with E-state index in [1.54, 1.807) is 0 Å². The van der Waals surface area contributed by atoms with Gasteiger partial charge in [-0.2, -0.15) is 0 Å². The van der Waals surface area contributed by atoms with Crippen LogP contribution in [-0.2, 0) is 4.74 Å². The Morgan fingerprint density at radius 2 is 1.85 bits per heavy atom. The molecule has 1 aliphatic carbocycles. The van der Waals surface area contributed by atoms with Crippen molar-refractivity contribution in [3.63, 3.8) is 0 Å². The van der Waals surface area contributed by atoms with Crippen molar-refractivity contribution >= 4 is 0 Å². The van der Waals surface area contributed by atoms with Gasteiger partial charge >= 0.3 is 0 Å². The summed E-state index contributed by atoms with van der Waals surface area (Å²) in [5.74, 6) is 1.72. The van der Waals surface area contributed by atoms with E-state index in [0.717, 1.165) is 51.2 Å². The van der Waals surface area contributed by atoms with Crippen molar-refractivity contribution in [3.05, 3.63) is 0 Å². The molecule has 0 aromatic carbocycles.